The molecule has 2 unspecified atom stereocenters. The summed E-state index contributed by atoms with van der Waals surface area (Å²) in [6.07, 6.45) is -4.23. The zero-order valence-electron chi connectivity index (χ0n) is 16.8. The number of imidazole rings is 1. The Kier molecular flexibility index (Phi) is 7.27. The summed E-state index contributed by atoms with van der Waals surface area (Å²) in [4.78, 5) is 67.6. The smallest absolute Gasteiger partial charge is 0.387 e. The fourth-order valence-electron chi connectivity index (χ4n) is 3.36. The largest absolute Gasteiger partial charge is 0.490 e. The number of hydrogen-bond donors (Lipinski definition) is 8. The number of nitrogens with zero attached hydrogens (tertiary/aromatic N) is 2. The van der Waals surface area contributed by atoms with Crippen molar-refractivity contribution < 1.29 is 61.4 Å². The molecule has 3 rings (SSSR count). The standard InChI is InChI=1S/C12H19N4O15P3/c1-2-12(16-4-13-6-9(16)14-11(20)15-10(6)19)8(18)7(17)5(29-12)3-28-33(24,25)31-34(26,27)30-32(21,22)23/h4-5,7-8,17-18H,2-3H2,1H3,(H,24,25)(H,26,27)(H2,21,22,23)(H2,14,15,19,20)/t5-,7-,8-,12-/m1/s1. The molecule has 1 aliphatic rings. The van der Waals surface area contributed by atoms with E-state index in [1.54, 1.807) is 0 Å². The van der Waals surface area contributed by atoms with Gasteiger partial charge in [0.25, 0.3) is 5.56 Å². The second-order valence-electron chi connectivity index (χ2n) is 6.90. The van der Waals surface area contributed by atoms with E-state index in [2.05, 4.69) is 23.1 Å². The van der Waals surface area contributed by atoms with Gasteiger partial charge in [-0.25, -0.2) is 23.5 Å². The summed E-state index contributed by atoms with van der Waals surface area (Å²) >= 11 is 0. The highest BCUT2D eigenvalue weighted by atomic mass is 31.3. The third kappa shape index (κ3) is 5.47. The molecule has 3 heterocycles. The molecular weight excluding hydrogens is 533 g/mol. The van der Waals surface area contributed by atoms with Crippen LogP contribution < -0.4 is 11.2 Å². The highest BCUT2D eigenvalue weighted by Crippen LogP contribution is 2.66. The lowest BCUT2D eigenvalue weighted by molar-refractivity contribution is -0.147. The molecule has 8 N–H and O–H groups in total. The first kappa shape index (κ1) is 27.0. The quantitative estimate of drug-likeness (QED) is 0.155. The van der Waals surface area contributed by atoms with Crippen LogP contribution in [0.1, 0.15) is 13.3 Å². The number of nitrogens with one attached hydrogen (secondary N) is 2. The Labute approximate surface area is 187 Å². The molecule has 22 heteroatoms. The van der Waals surface area contributed by atoms with E-state index < -0.39 is 65.4 Å². The number of aliphatic hydroxyl groups is 2. The number of ether oxygens (including phenoxy) is 1. The van der Waals surface area contributed by atoms with Crippen LogP contribution >= 0.6 is 23.5 Å². The summed E-state index contributed by atoms with van der Waals surface area (Å²) in [5.74, 6) is 0. The number of phosphoric acid groups is 3. The van der Waals surface area contributed by atoms with E-state index in [1.165, 1.54) is 6.92 Å². The Morgan fingerprint density at radius 3 is 2.35 bits per heavy atom. The Hall–Kier alpha value is -1.56. The van der Waals surface area contributed by atoms with Crippen LogP contribution in [0.3, 0.4) is 0 Å². The minimum atomic E-state index is -5.76. The summed E-state index contributed by atoms with van der Waals surface area (Å²) in [7, 11) is -16.9. The Bertz CT molecular complexity index is 1330. The number of rotatable bonds is 9. The molecule has 1 saturated heterocycles. The molecule has 0 radical (unpaired) electrons. The van der Waals surface area contributed by atoms with Crippen molar-refractivity contribution in [2.75, 3.05) is 6.61 Å². The van der Waals surface area contributed by atoms with Gasteiger partial charge in [0.2, 0.25) is 0 Å². The SMILES string of the molecule is CC[C@@]1(n2cnc3c(=O)[nH]c(=O)[nH]c32)O[C@H](COP(=O)(O)OP(=O)(O)OP(=O)(O)O)[C@@H](O)[C@H]1O. The molecule has 0 bridgehead atoms. The molecule has 192 valence electrons. The van der Waals surface area contributed by atoms with Crippen LogP contribution in [0.25, 0.3) is 11.2 Å². The number of aromatic nitrogens is 4. The van der Waals surface area contributed by atoms with E-state index in [0.29, 0.717) is 0 Å². The minimum Gasteiger partial charge on any atom is -0.387 e. The van der Waals surface area contributed by atoms with Crippen molar-refractivity contribution in [2.45, 2.75) is 37.4 Å². The predicted molar refractivity (Wildman–Crippen MR) is 106 cm³/mol. The number of aliphatic hydroxyl groups excluding tert-OH is 2. The van der Waals surface area contributed by atoms with Crippen molar-refractivity contribution in [3.8, 4) is 0 Å². The van der Waals surface area contributed by atoms with E-state index >= 15 is 0 Å². The summed E-state index contributed by atoms with van der Waals surface area (Å²) in [5, 5.41) is 21.1. The van der Waals surface area contributed by atoms with Gasteiger partial charge in [0.15, 0.2) is 11.2 Å². The normalized spacial score (nSPS) is 29.2. The number of aromatic amines is 2. The van der Waals surface area contributed by atoms with E-state index in [1.807, 2.05) is 4.98 Å². The zero-order chi connectivity index (χ0) is 25.7. The first-order valence-corrected chi connectivity index (χ1v) is 13.5. The number of fused-ring (bicyclic) bond motifs is 1. The van der Waals surface area contributed by atoms with Crippen molar-refractivity contribution in [1.82, 2.24) is 19.5 Å². The van der Waals surface area contributed by atoms with Gasteiger partial charge in [0, 0.05) is 0 Å². The summed E-state index contributed by atoms with van der Waals surface area (Å²) in [6, 6.07) is 0. The fourth-order valence-corrected chi connectivity index (χ4v) is 6.39. The zero-order valence-corrected chi connectivity index (χ0v) is 19.5. The van der Waals surface area contributed by atoms with Crippen molar-refractivity contribution in [3.63, 3.8) is 0 Å². The van der Waals surface area contributed by atoms with Gasteiger partial charge in [-0.15, -0.1) is 0 Å². The molecule has 0 spiro atoms. The topological polar surface area (TPSA) is 293 Å². The molecule has 2 aromatic heterocycles. The van der Waals surface area contributed by atoms with Gasteiger partial charge in [-0.3, -0.25) is 23.9 Å². The lowest BCUT2D eigenvalue weighted by atomic mass is 10.00. The third-order valence-corrected chi connectivity index (χ3v) is 8.50. The van der Waals surface area contributed by atoms with Gasteiger partial charge in [-0.2, -0.15) is 8.62 Å². The second-order valence-corrected chi connectivity index (χ2v) is 11.3. The van der Waals surface area contributed by atoms with E-state index in [0.717, 1.165) is 10.9 Å². The molecule has 1 aliphatic heterocycles. The van der Waals surface area contributed by atoms with Crippen molar-refractivity contribution in [3.05, 3.63) is 27.2 Å². The Morgan fingerprint density at radius 2 is 1.76 bits per heavy atom. The highest BCUT2D eigenvalue weighted by molar-refractivity contribution is 7.66. The fraction of sp³-hybridized carbons (Fsp3) is 0.583. The number of H-pyrrole nitrogens is 2. The van der Waals surface area contributed by atoms with Gasteiger partial charge >= 0.3 is 29.2 Å². The average Bonchev–Trinajstić information content (AvgIpc) is 3.18. The predicted octanol–water partition coefficient (Wildman–Crippen LogP) is -2.06. The Morgan fingerprint density at radius 1 is 1.12 bits per heavy atom. The number of hydrogen-bond acceptors (Lipinski definition) is 12. The van der Waals surface area contributed by atoms with Crippen LogP contribution in [-0.4, -0.2) is 74.2 Å². The lowest BCUT2D eigenvalue weighted by Gasteiger charge is -2.32. The van der Waals surface area contributed by atoms with Gasteiger partial charge < -0.3 is 34.5 Å². The highest BCUT2D eigenvalue weighted by Gasteiger charge is 2.55. The first-order chi connectivity index (χ1) is 15.5. The maximum absolute atomic E-state index is 11.9. The van der Waals surface area contributed by atoms with E-state index in [-0.39, 0.29) is 17.6 Å². The van der Waals surface area contributed by atoms with Gasteiger partial charge in [0.1, 0.15) is 24.0 Å². The van der Waals surface area contributed by atoms with Gasteiger partial charge in [0.05, 0.1) is 12.9 Å². The third-order valence-electron chi connectivity index (χ3n) is 4.70. The van der Waals surface area contributed by atoms with Crippen LogP contribution in [0.5, 0.6) is 0 Å². The first-order valence-electron chi connectivity index (χ1n) is 9.03. The van der Waals surface area contributed by atoms with Crippen molar-refractivity contribution in [2.24, 2.45) is 0 Å². The molecule has 0 aliphatic carbocycles. The number of phosphoric ester groups is 1. The molecule has 0 saturated carbocycles. The van der Waals surface area contributed by atoms with Gasteiger partial charge in [-0.05, 0) is 6.42 Å². The summed E-state index contributed by atoms with van der Waals surface area (Å²) < 4.78 is 52.3. The van der Waals surface area contributed by atoms with E-state index in [4.69, 9.17) is 14.5 Å². The molecular formula is C12H19N4O15P3. The molecule has 0 amide bonds. The molecule has 1 fully saturated rings. The maximum Gasteiger partial charge on any atom is 0.490 e. The van der Waals surface area contributed by atoms with Crippen molar-refractivity contribution >= 4 is 34.6 Å². The van der Waals surface area contributed by atoms with Crippen LogP contribution in [-0.2, 0) is 37.3 Å². The summed E-state index contributed by atoms with van der Waals surface area (Å²) in [5.41, 5.74) is -4.01. The van der Waals surface area contributed by atoms with Crippen LogP contribution in [0.15, 0.2) is 15.9 Å². The van der Waals surface area contributed by atoms with Crippen LogP contribution in [0, 0.1) is 0 Å². The summed E-state index contributed by atoms with van der Waals surface area (Å²) in [6.45, 7) is 0.450. The Balaban J connectivity index is 1.84. The van der Waals surface area contributed by atoms with E-state index in [9.17, 15) is 43.3 Å². The molecule has 34 heavy (non-hydrogen) atoms. The minimum absolute atomic E-state index is 0.0999. The lowest BCUT2D eigenvalue weighted by Crippen LogP contribution is -2.45. The molecule has 19 nitrogen and oxygen atoms in total. The second kappa shape index (κ2) is 9.15. The van der Waals surface area contributed by atoms with Crippen molar-refractivity contribution in [1.29, 1.82) is 0 Å². The average molecular weight is 552 g/mol. The monoisotopic (exact) mass is 552 g/mol. The molecule has 2 aromatic rings. The molecule has 6 atom stereocenters. The van der Waals surface area contributed by atoms with Gasteiger partial charge in [-0.1, -0.05) is 6.92 Å². The maximum atomic E-state index is 11.9. The van der Waals surface area contributed by atoms with Crippen LogP contribution in [0.4, 0.5) is 0 Å². The van der Waals surface area contributed by atoms with Crippen LogP contribution in [0.2, 0.25) is 0 Å². The molecule has 0 aromatic carbocycles.